The number of fused-ring (bicyclic) bond motifs is 1. The summed E-state index contributed by atoms with van der Waals surface area (Å²) in [5.41, 5.74) is 3.89. The molecule has 0 radical (unpaired) electrons. The van der Waals surface area contributed by atoms with Gasteiger partial charge in [0.25, 0.3) is 5.56 Å². The molecule has 3 heterocycles. The molecule has 6 rings (SSSR count). The Kier molecular flexibility index (Phi) is 10.3. The van der Waals surface area contributed by atoms with Crippen molar-refractivity contribution in [3.8, 4) is 34.2 Å². The first-order valence-electron chi connectivity index (χ1n) is 16.4. The normalized spacial score (nSPS) is 14.3. The lowest BCUT2D eigenvalue weighted by Crippen LogP contribution is -2.39. The molecule has 0 saturated heterocycles. The molecule has 3 aromatic carbocycles. The lowest BCUT2D eigenvalue weighted by molar-refractivity contribution is -0.136. The fourth-order valence-corrected chi connectivity index (χ4v) is 6.83. The molecule has 1 atom stereocenters. The maximum Gasteiger partial charge on any atom is 0.338 e. The first kappa shape index (κ1) is 35.1. The molecule has 0 aliphatic carbocycles. The number of hydrogen-bond donors (Lipinski definition) is 0. The van der Waals surface area contributed by atoms with Gasteiger partial charge in [0.15, 0.2) is 16.3 Å². The second kappa shape index (κ2) is 15.0. The Labute approximate surface area is 298 Å². The SMILES string of the molecule is COC(=O)C1=C(C)N=c2sc(=Cc3cn(-c4ccccc4)nc3-c3ccc(OCCC(C)C)cc3)c(=O)n2C1c1ccc(OC(C)=O)c(OC)c1. The molecule has 11 nitrogen and oxygen atoms in total. The molecule has 0 N–H and O–H groups in total. The average molecular weight is 707 g/mol. The maximum absolute atomic E-state index is 14.4. The van der Waals surface area contributed by atoms with Gasteiger partial charge in [0.05, 0.1) is 48.4 Å². The van der Waals surface area contributed by atoms with Gasteiger partial charge in [0, 0.05) is 24.2 Å². The Bertz CT molecular complexity index is 2300. The van der Waals surface area contributed by atoms with E-state index in [-0.39, 0.29) is 22.6 Å². The Morgan fingerprint density at radius 2 is 1.75 bits per heavy atom. The van der Waals surface area contributed by atoms with Gasteiger partial charge in [-0.2, -0.15) is 5.10 Å². The van der Waals surface area contributed by atoms with Crippen molar-refractivity contribution in [2.75, 3.05) is 20.8 Å². The second-order valence-electron chi connectivity index (χ2n) is 12.3. The molecule has 5 aromatic rings. The summed E-state index contributed by atoms with van der Waals surface area (Å²) in [6.45, 7) is 7.95. The summed E-state index contributed by atoms with van der Waals surface area (Å²) < 4.78 is 25.6. The monoisotopic (exact) mass is 706 g/mol. The van der Waals surface area contributed by atoms with Crippen LogP contribution < -0.4 is 29.1 Å². The number of allylic oxidation sites excluding steroid dienone is 1. The van der Waals surface area contributed by atoms with E-state index in [9.17, 15) is 14.4 Å². The standard InChI is InChI=1S/C39H38N4O7S/c1-23(2)18-19-49-30-15-12-26(13-16-30)35-28(22-42(41-35)29-10-8-7-9-11-29)21-33-37(45)43-36(34(38(46)48-6)24(3)40-39(43)51-33)27-14-17-31(50-25(4)44)32(20-27)47-5/h7-17,20-23,36H,18-19H2,1-6H3. The molecule has 262 valence electrons. The van der Waals surface area contributed by atoms with E-state index in [4.69, 9.17) is 24.0 Å². The van der Waals surface area contributed by atoms with E-state index in [1.165, 1.54) is 37.0 Å². The number of methoxy groups -OCH3 is 2. The van der Waals surface area contributed by atoms with E-state index in [1.54, 1.807) is 35.9 Å². The van der Waals surface area contributed by atoms with Crippen LogP contribution in [-0.2, 0) is 14.3 Å². The van der Waals surface area contributed by atoms with Crippen LogP contribution in [0.5, 0.6) is 17.2 Å². The van der Waals surface area contributed by atoms with Gasteiger partial charge in [-0.25, -0.2) is 14.5 Å². The van der Waals surface area contributed by atoms with Crippen molar-refractivity contribution in [1.29, 1.82) is 0 Å². The number of ether oxygens (including phenoxy) is 4. The number of hydrogen-bond acceptors (Lipinski definition) is 10. The Morgan fingerprint density at radius 1 is 1.00 bits per heavy atom. The number of thiazole rings is 1. The smallest absolute Gasteiger partial charge is 0.338 e. The quantitative estimate of drug-likeness (QED) is 0.128. The highest BCUT2D eigenvalue weighted by molar-refractivity contribution is 7.07. The first-order chi connectivity index (χ1) is 24.6. The van der Waals surface area contributed by atoms with Gasteiger partial charge in [-0.05, 0) is 79.4 Å². The summed E-state index contributed by atoms with van der Waals surface area (Å²) in [6.07, 6.45) is 4.65. The number of carbonyl (C=O) groups is 2. The zero-order chi connectivity index (χ0) is 36.2. The second-order valence-corrected chi connectivity index (χ2v) is 13.4. The highest BCUT2D eigenvalue weighted by atomic mass is 32.1. The van der Waals surface area contributed by atoms with Crippen LogP contribution in [0.25, 0.3) is 23.0 Å². The fourth-order valence-electron chi connectivity index (χ4n) is 5.79. The molecule has 0 amide bonds. The number of benzene rings is 3. The van der Waals surface area contributed by atoms with Crippen molar-refractivity contribution in [3.63, 3.8) is 0 Å². The average Bonchev–Trinajstić information content (AvgIpc) is 3.68. The molecule has 0 bridgehead atoms. The summed E-state index contributed by atoms with van der Waals surface area (Å²) in [7, 11) is 2.73. The summed E-state index contributed by atoms with van der Waals surface area (Å²) in [6, 6.07) is 21.5. The molecule has 0 fully saturated rings. The van der Waals surface area contributed by atoms with Gasteiger partial charge < -0.3 is 18.9 Å². The minimum atomic E-state index is -0.897. The van der Waals surface area contributed by atoms with Crippen molar-refractivity contribution in [2.24, 2.45) is 10.9 Å². The number of aromatic nitrogens is 3. The third kappa shape index (κ3) is 7.41. The van der Waals surface area contributed by atoms with E-state index in [0.717, 1.165) is 23.4 Å². The van der Waals surface area contributed by atoms with Crippen molar-refractivity contribution in [3.05, 3.63) is 121 Å². The predicted molar refractivity (Wildman–Crippen MR) is 194 cm³/mol. The zero-order valence-corrected chi connectivity index (χ0v) is 30.0. The van der Waals surface area contributed by atoms with Crippen LogP contribution in [0, 0.1) is 5.92 Å². The summed E-state index contributed by atoms with van der Waals surface area (Å²) >= 11 is 1.21. The summed E-state index contributed by atoms with van der Waals surface area (Å²) in [4.78, 5) is 44.4. The molecule has 1 unspecified atom stereocenters. The van der Waals surface area contributed by atoms with Gasteiger partial charge in [-0.1, -0.05) is 49.4 Å². The first-order valence-corrected chi connectivity index (χ1v) is 17.2. The van der Waals surface area contributed by atoms with Crippen molar-refractivity contribution in [1.82, 2.24) is 14.3 Å². The van der Waals surface area contributed by atoms with Crippen LogP contribution in [0.15, 0.2) is 100 Å². The van der Waals surface area contributed by atoms with E-state index < -0.39 is 18.0 Å². The summed E-state index contributed by atoms with van der Waals surface area (Å²) in [5, 5.41) is 4.94. The van der Waals surface area contributed by atoms with E-state index in [2.05, 4.69) is 18.8 Å². The number of rotatable bonds is 11. The molecule has 0 saturated carbocycles. The van der Waals surface area contributed by atoms with Crippen LogP contribution in [0.2, 0.25) is 0 Å². The molecule has 0 spiro atoms. The van der Waals surface area contributed by atoms with Crippen LogP contribution in [0.3, 0.4) is 0 Å². The van der Waals surface area contributed by atoms with E-state index in [0.29, 0.717) is 44.4 Å². The third-order valence-electron chi connectivity index (χ3n) is 8.33. The van der Waals surface area contributed by atoms with Crippen LogP contribution >= 0.6 is 11.3 Å². The molecular weight excluding hydrogens is 669 g/mol. The van der Waals surface area contributed by atoms with Gasteiger partial charge in [0.2, 0.25) is 0 Å². The minimum absolute atomic E-state index is 0.201. The van der Waals surface area contributed by atoms with Crippen LogP contribution in [0.4, 0.5) is 0 Å². The fraction of sp³-hybridized carbons (Fsp3) is 0.256. The molecule has 2 aromatic heterocycles. The highest BCUT2D eigenvalue weighted by Crippen LogP contribution is 2.36. The molecule has 51 heavy (non-hydrogen) atoms. The third-order valence-corrected chi connectivity index (χ3v) is 9.31. The number of carbonyl (C=O) groups excluding carboxylic acids is 2. The van der Waals surface area contributed by atoms with Crippen molar-refractivity contribution in [2.45, 2.75) is 40.2 Å². The van der Waals surface area contributed by atoms with E-state index in [1.807, 2.05) is 60.8 Å². The number of esters is 2. The van der Waals surface area contributed by atoms with Crippen LogP contribution in [0.1, 0.15) is 51.3 Å². The minimum Gasteiger partial charge on any atom is -0.494 e. The van der Waals surface area contributed by atoms with Crippen molar-refractivity contribution >= 4 is 29.4 Å². The van der Waals surface area contributed by atoms with Gasteiger partial charge in [-0.3, -0.25) is 14.2 Å². The lowest BCUT2D eigenvalue weighted by Gasteiger charge is -2.25. The lowest BCUT2D eigenvalue weighted by atomic mass is 9.95. The van der Waals surface area contributed by atoms with Crippen LogP contribution in [-0.4, -0.2) is 47.1 Å². The zero-order valence-electron chi connectivity index (χ0n) is 29.2. The topological polar surface area (TPSA) is 123 Å². The highest BCUT2D eigenvalue weighted by Gasteiger charge is 2.34. The molecule has 1 aliphatic rings. The molecular formula is C39H38N4O7S. The predicted octanol–water partition coefficient (Wildman–Crippen LogP) is 5.62. The molecule has 1 aliphatic heterocycles. The Morgan fingerprint density at radius 3 is 2.41 bits per heavy atom. The van der Waals surface area contributed by atoms with Gasteiger partial charge in [0.1, 0.15) is 11.4 Å². The number of nitrogens with zero attached hydrogens (tertiary/aromatic N) is 4. The Hall–Kier alpha value is -5.75. The maximum atomic E-state index is 14.4. The molecule has 12 heteroatoms. The summed E-state index contributed by atoms with van der Waals surface area (Å²) in [5.74, 6) is 0.646. The van der Waals surface area contributed by atoms with Gasteiger partial charge >= 0.3 is 11.9 Å². The number of para-hydroxylation sites is 1. The van der Waals surface area contributed by atoms with Crippen molar-refractivity contribution < 1.29 is 28.5 Å². The van der Waals surface area contributed by atoms with Gasteiger partial charge in [-0.15, -0.1) is 0 Å². The largest absolute Gasteiger partial charge is 0.494 e. The Balaban J connectivity index is 1.49. The van der Waals surface area contributed by atoms with E-state index >= 15 is 0 Å².